The zero-order chi connectivity index (χ0) is 30.9. The fourth-order valence-electron chi connectivity index (χ4n) is 3.96. The number of nitrogens with one attached hydrogen (secondary N) is 1. The van der Waals surface area contributed by atoms with E-state index in [1.54, 1.807) is 30.8 Å². The molecule has 0 atom stereocenters. The summed E-state index contributed by atoms with van der Waals surface area (Å²) >= 11 is 0. The van der Waals surface area contributed by atoms with Crippen LogP contribution in [0.3, 0.4) is 0 Å². The summed E-state index contributed by atoms with van der Waals surface area (Å²) in [5.41, 5.74) is -0.291. The van der Waals surface area contributed by atoms with Gasteiger partial charge >= 0.3 is 22.3 Å². The van der Waals surface area contributed by atoms with Gasteiger partial charge in [0.1, 0.15) is 23.3 Å². The van der Waals surface area contributed by atoms with Crippen molar-refractivity contribution in [3.63, 3.8) is 0 Å². The molecule has 0 aliphatic rings. The Morgan fingerprint density at radius 1 is 1.00 bits per heavy atom. The highest BCUT2D eigenvalue weighted by Gasteiger charge is 2.32. The second-order valence-corrected chi connectivity index (χ2v) is 10.7. The smallest absolute Gasteiger partial charge is 0.416 e. The molecule has 0 radical (unpaired) electrons. The number of hydrogen-bond donors (Lipinski definition) is 1. The summed E-state index contributed by atoms with van der Waals surface area (Å²) in [7, 11) is -2.99. The van der Waals surface area contributed by atoms with Crippen LogP contribution >= 0.6 is 0 Å². The number of carbonyl (C=O) groups excluding carboxylic acids is 1. The van der Waals surface area contributed by atoms with Gasteiger partial charge in [-0.3, -0.25) is 0 Å². The molecule has 0 aliphatic heterocycles. The van der Waals surface area contributed by atoms with Crippen LogP contribution in [0.5, 0.6) is 11.6 Å². The number of aryl methyl sites for hydroxylation is 2. The minimum atomic E-state index is -4.72. The Labute approximate surface area is 242 Å². The number of halogens is 4. The van der Waals surface area contributed by atoms with Gasteiger partial charge < -0.3 is 14.6 Å². The molecule has 2 aromatic heterocycles. The number of ether oxygens (including phenoxy) is 1. The first-order valence-corrected chi connectivity index (χ1v) is 13.8. The highest BCUT2D eigenvalue weighted by molar-refractivity contribution is 7.86. The molecule has 222 valence electrons. The number of fused-ring (bicyclic) bond motifs is 1. The van der Waals surface area contributed by atoms with E-state index in [1.807, 2.05) is 0 Å². The lowest BCUT2D eigenvalue weighted by Gasteiger charge is -2.22. The minimum Gasteiger partial charge on any atom is -0.437 e. The standard InChI is InChI=1S/C28H21F4N5O5S/c1-17-6-9-21(10-7-17)43(39,40)42-37(27(38)35-19-5-3-4-18(14-19)28(30,31)32)24-11-8-20(15-22(24)29)41-26-25-23(33-16-34-26)12-13-36(25)2/h3-16H,1-2H3,(H,35,38). The van der Waals surface area contributed by atoms with Gasteiger partial charge in [0.15, 0.2) is 5.82 Å². The lowest BCUT2D eigenvalue weighted by Crippen LogP contribution is -2.37. The number of amides is 2. The summed E-state index contributed by atoms with van der Waals surface area (Å²) in [5, 5.41) is 2.21. The number of aromatic nitrogens is 3. The van der Waals surface area contributed by atoms with Crippen LogP contribution in [0.4, 0.5) is 33.7 Å². The topological polar surface area (TPSA) is 116 Å². The Kier molecular flexibility index (Phi) is 7.77. The summed E-state index contributed by atoms with van der Waals surface area (Å²) in [5.74, 6) is -1.13. The summed E-state index contributed by atoms with van der Waals surface area (Å²) < 4.78 is 93.7. The van der Waals surface area contributed by atoms with Crippen LogP contribution in [0.15, 0.2) is 90.2 Å². The summed E-state index contributed by atoms with van der Waals surface area (Å²) in [4.78, 5) is 21.1. The molecule has 3 aromatic carbocycles. The van der Waals surface area contributed by atoms with E-state index < -0.39 is 39.4 Å². The molecule has 0 aliphatic carbocycles. The van der Waals surface area contributed by atoms with Crippen molar-refractivity contribution in [1.29, 1.82) is 0 Å². The minimum absolute atomic E-state index is 0.0675. The predicted molar refractivity (Wildman–Crippen MR) is 147 cm³/mol. The van der Waals surface area contributed by atoms with Crippen LogP contribution < -0.4 is 15.1 Å². The van der Waals surface area contributed by atoms with Gasteiger partial charge in [0.25, 0.3) is 0 Å². The number of urea groups is 1. The molecule has 5 rings (SSSR count). The first-order chi connectivity index (χ1) is 20.3. The van der Waals surface area contributed by atoms with Gasteiger partial charge in [0.2, 0.25) is 5.88 Å². The third-order valence-electron chi connectivity index (χ3n) is 6.09. The molecule has 0 fully saturated rings. The third-order valence-corrected chi connectivity index (χ3v) is 7.28. The molecule has 0 bridgehead atoms. The van der Waals surface area contributed by atoms with Crippen molar-refractivity contribution < 1.29 is 39.8 Å². The van der Waals surface area contributed by atoms with Crippen molar-refractivity contribution in [1.82, 2.24) is 14.5 Å². The van der Waals surface area contributed by atoms with Gasteiger partial charge in [-0.15, -0.1) is 9.35 Å². The second kappa shape index (κ2) is 11.3. The number of hydroxylamine groups is 1. The number of rotatable bonds is 7. The van der Waals surface area contributed by atoms with E-state index in [-0.39, 0.29) is 27.3 Å². The van der Waals surface area contributed by atoms with E-state index in [4.69, 9.17) is 9.02 Å². The van der Waals surface area contributed by atoms with Crippen LogP contribution in [0.2, 0.25) is 0 Å². The first kappa shape index (κ1) is 29.5. The predicted octanol–water partition coefficient (Wildman–Crippen LogP) is 6.59. The third kappa shape index (κ3) is 6.42. The van der Waals surface area contributed by atoms with Crippen molar-refractivity contribution in [2.75, 3.05) is 10.4 Å². The van der Waals surface area contributed by atoms with Crippen LogP contribution in [0.1, 0.15) is 11.1 Å². The Morgan fingerprint density at radius 2 is 1.74 bits per heavy atom. The number of hydrogen-bond acceptors (Lipinski definition) is 7. The number of alkyl halides is 3. The molecule has 0 unspecified atom stereocenters. The SMILES string of the molecule is Cc1ccc(S(=O)(=O)ON(C(=O)Nc2cccc(C(F)(F)F)c2)c2ccc(Oc3ncnc4ccn(C)c34)cc2F)cc1. The molecule has 5 aromatic rings. The molecule has 10 nitrogen and oxygen atoms in total. The lowest BCUT2D eigenvalue weighted by atomic mass is 10.2. The normalized spacial score (nSPS) is 11.9. The molecule has 15 heteroatoms. The van der Waals surface area contributed by atoms with Gasteiger partial charge in [-0.05, 0) is 55.5 Å². The van der Waals surface area contributed by atoms with E-state index in [2.05, 4.69) is 15.3 Å². The Morgan fingerprint density at radius 3 is 2.44 bits per heavy atom. The maximum Gasteiger partial charge on any atom is 0.416 e. The fraction of sp³-hybridized carbons (Fsp3) is 0.107. The van der Waals surface area contributed by atoms with Crippen molar-refractivity contribution in [3.8, 4) is 11.6 Å². The molecule has 0 saturated carbocycles. The average Bonchev–Trinajstić information content (AvgIpc) is 3.33. The van der Waals surface area contributed by atoms with Crippen LogP contribution in [-0.2, 0) is 27.6 Å². The quantitative estimate of drug-likeness (QED) is 0.162. The van der Waals surface area contributed by atoms with E-state index in [1.165, 1.54) is 36.7 Å². The summed E-state index contributed by atoms with van der Waals surface area (Å²) in [6.07, 6.45) is -1.74. The Balaban J connectivity index is 1.49. The summed E-state index contributed by atoms with van der Waals surface area (Å²) in [6, 6.07) is 12.4. The molecule has 2 heterocycles. The molecular weight excluding hydrogens is 594 g/mol. The molecular formula is C28H21F4N5O5S. The zero-order valence-corrected chi connectivity index (χ0v) is 23.1. The number of benzene rings is 3. The molecule has 2 amide bonds. The van der Waals surface area contributed by atoms with Crippen molar-refractivity contribution >= 4 is 38.6 Å². The van der Waals surface area contributed by atoms with Crippen molar-refractivity contribution in [2.45, 2.75) is 18.0 Å². The second-order valence-electron chi connectivity index (χ2n) is 9.20. The highest BCUT2D eigenvalue weighted by atomic mass is 32.2. The van der Waals surface area contributed by atoms with Crippen LogP contribution in [0.25, 0.3) is 11.0 Å². The number of carbonyl (C=O) groups is 1. The van der Waals surface area contributed by atoms with Crippen molar-refractivity contribution in [3.05, 3.63) is 102 Å². The number of nitrogens with zero attached hydrogens (tertiary/aromatic N) is 4. The van der Waals surface area contributed by atoms with Crippen molar-refractivity contribution in [2.24, 2.45) is 7.05 Å². The van der Waals surface area contributed by atoms with E-state index in [0.717, 1.165) is 35.9 Å². The van der Waals surface area contributed by atoms with Gasteiger partial charge in [-0.25, -0.2) is 14.2 Å². The van der Waals surface area contributed by atoms with E-state index in [0.29, 0.717) is 17.1 Å². The van der Waals surface area contributed by atoms with Gasteiger partial charge in [0.05, 0.1) is 16.0 Å². The maximum absolute atomic E-state index is 15.5. The number of anilines is 2. The molecule has 43 heavy (non-hydrogen) atoms. The van der Waals surface area contributed by atoms with Crippen LogP contribution in [-0.4, -0.2) is 29.0 Å². The Hall–Kier alpha value is -5.02. The Bertz CT molecular complexity index is 1930. The van der Waals surface area contributed by atoms with E-state index >= 15 is 4.39 Å². The monoisotopic (exact) mass is 615 g/mol. The molecule has 0 saturated heterocycles. The maximum atomic E-state index is 15.5. The van der Waals surface area contributed by atoms with Gasteiger partial charge in [0, 0.05) is 25.0 Å². The lowest BCUT2D eigenvalue weighted by molar-refractivity contribution is -0.137. The van der Waals surface area contributed by atoms with Gasteiger partial charge in [-0.1, -0.05) is 23.8 Å². The average molecular weight is 616 g/mol. The largest absolute Gasteiger partial charge is 0.437 e. The van der Waals surface area contributed by atoms with Crippen LogP contribution in [0, 0.1) is 12.7 Å². The summed E-state index contributed by atoms with van der Waals surface area (Å²) in [6.45, 7) is 1.72. The first-order valence-electron chi connectivity index (χ1n) is 12.3. The zero-order valence-electron chi connectivity index (χ0n) is 22.3. The fourth-order valence-corrected chi connectivity index (χ4v) is 4.86. The molecule has 0 spiro atoms. The van der Waals surface area contributed by atoms with E-state index in [9.17, 15) is 26.4 Å². The van der Waals surface area contributed by atoms with Gasteiger partial charge in [-0.2, -0.15) is 26.6 Å². The highest BCUT2D eigenvalue weighted by Crippen LogP contribution is 2.33. The molecule has 1 N–H and O–H groups in total.